The molecule has 1 heterocycles. The van der Waals surface area contributed by atoms with Crippen molar-refractivity contribution in [3.63, 3.8) is 0 Å². The smallest absolute Gasteiger partial charge is 0.263 e. The van der Waals surface area contributed by atoms with Crippen molar-refractivity contribution in [1.29, 1.82) is 0 Å². The molecule has 0 unspecified atom stereocenters. The number of fused-ring (bicyclic) bond motifs is 1. The van der Waals surface area contributed by atoms with Crippen LogP contribution in [0.25, 0.3) is 10.9 Å². The van der Waals surface area contributed by atoms with Gasteiger partial charge in [-0.2, -0.15) is 0 Å². The molecule has 1 N–H and O–H groups in total. The first-order chi connectivity index (χ1) is 6.91. The molecule has 0 fully saturated rings. The van der Waals surface area contributed by atoms with Gasteiger partial charge in [0.25, 0.3) is 9.05 Å². The van der Waals surface area contributed by atoms with Crippen LogP contribution in [0.4, 0.5) is 0 Å². The molecular formula is C9H7Cl2NO2S. The fourth-order valence-electron chi connectivity index (χ4n) is 1.51. The Bertz CT molecular complexity index is 631. The quantitative estimate of drug-likeness (QED) is 0.805. The van der Waals surface area contributed by atoms with E-state index >= 15 is 0 Å². The highest BCUT2D eigenvalue weighted by Gasteiger charge is 2.18. The first-order valence-corrected chi connectivity index (χ1v) is 6.81. The van der Waals surface area contributed by atoms with Crippen LogP contribution in [0.3, 0.4) is 0 Å². The fraction of sp³-hybridized carbons (Fsp3) is 0.111. The van der Waals surface area contributed by atoms with E-state index in [4.69, 9.17) is 22.3 Å². The Morgan fingerprint density at radius 2 is 2.00 bits per heavy atom. The second-order valence-electron chi connectivity index (χ2n) is 3.21. The van der Waals surface area contributed by atoms with Crippen LogP contribution in [-0.2, 0) is 9.05 Å². The summed E-state index contributed by atoms with van der Waals surface area (Å²) < 4.78 is 22.5. The van der Waals surface area contributed by atoms with Crippen LogP contribution < -0.4 is 0 Å². The topological polar surface area (TPSA) is 49.9 Å². The highest BCUT2D eigenvalue weighted by Crippen LogP contribution is 2.33. The van der Waals surface area contributed by atoms with Gasteiger partial charge < -0.3 is 4.98 Å². The highest BCUT2D eigenvalue weighted by atomic mass is 35.7. The summed E-state index contributed by atoms with van der Waals surface area (Å²) in [6.45, 7) is 1.86. The number of benzene rings is 1. The Kier molecular flexibility index (Phi) is 2.45. The van der Waals surface area contributed by atoms with Gasteiger partial charge in [0.15, 0.2) is 0 Å². The van der Waals surface area contributed by atoms with Crippen LogP contribution in [0.2, 0.25) is 5.02 Å². The zero-order valence-corrected chi connectivity index (χ0v) is 10.0. The lowest BCUT2D eigenvalue weighted by Gasteiger charge is -1.99. The molecule has 2 aromatic rings. The number of aryl methyl sites for hydroxylation is 1. The largest absolute Gasteiger partial charge is 0.360 e. The van der Waals surface area contributed by atoms with Crippen LogP contribution in [0.1, 0.15) is 5.56 Å². The Labute approximate surface area is 96.4 Å². The van der Waals surface area contributed by atoms with E-state index in [9.17, 15) is 8.42 Å². The molecule has 1 aromatic carbocycles. The number of aromatic amines is 1. The lowest BCUT2D eigenvalue weighted by Crippen LogP contribution is -1.88. The number of hydrogen-bond donors (Lipinski definition) is 1. The van der Waals surface area contributed by atoms with Crippen molar-refractivity contribution in [2.75, 3.05) is 0 Å². The lowest BCUT2D eigenvalue weighted by atomic mass is 10.2. The number of aromatic nitrogens is 1. The molecular weight excluding hydrogens is 257 g/mol. The van der Waals surface area contributed by atoms with E-state index in [1.165, 1.54) is 6.20 Å². The number of hydrogen-bond acceptors (Lipinski definition) is 2. The summed E-state index contributed by atoms with van der Waals surface area (Å²) in [4.78, 5) is 2.88. The van der Waals surface area contributed by atoms with Gasteiger partial charge in [-0.25, -0.2) is 8.42 Å². The maximum atomic E-state index is 11.3. The van der Waals surface area contributed by atoms with E-state index in [2.05, 4.69) is 4.98 Å². The minimum atomic E-state index is -3.77. The fourth-order valence-corrected chi connectivity index (χ4v) is 2.85. The lowest BCUT2D eigenvalue weighted by molar-refractivity contribution is 0.610. The van der Waals surface area contributed by atoms with E-state index in [0.29, 0.717) is 15.9 Å². The van der Waals surface area contributed by atoms with E-state index < -0.39 is 9.05 Å². The van der Waals surface area contributed by atoms with Crippen LogP contribution >= 0.6 is 22.3 Å². The Morgan fingerprint density at radius 1 is 1.33 bits per heavy atom. The van der Waals surface area contributed by atoms with Crippen molar-refractivity contribution < 1.29 is 8.42 Å². The molecule has 1 aromatic heterocycles. The van der Waals surface area contributed by atoms with Crippen LogP contribution in [0.15, 0.2) is 23.2 Å². The second-order valence-corrected chi connectivity index (χ2v) is 6.15. The molecule has 0 spiro atoms. The minimum absolute atomic E-state index is 0.0212. The van der Waals surface area contributed by atoms with Crippen molar-refractivity contribution in [3.8, 4) is 0 Å². The minimum Gasteiger partial charge on any atom is -0.360 e. The van der Waals surface area contributed by atoms with E-state index in [0.717, 1.165) is 5.56 Å². The molecule has 80 valence electrons. The summed E-state index contributed by atoms with van der Waals surface area (Å²) in [6, 6.07) is 3.46. The molecule has 2 rings (SSSR count). The average Bonchev–Trinajstić information content (AvgIpc) is 2.55. The average molecular weight is 264 g/mol. The summed E-state index contributed by atoms with van der Waals surface area (Å²) in [5.41, 5.74) is 1.61. The summed E-state index contributed by atoms with van der Waals surface area (Å²) in [5.74, 6) is 0. The third-order valence-corrected chi connectivity index (χ3v) is 3.88. The van der Waals surface area contributed by atoms with Gasteiger partial charge in [0, 0.05) is 22.3 Å². The predicted molar refractivity (Wildman–Crippen MR) is 61.1 cm³/mol. The van der Waals surface area contributed by atoms with Crippen LogP contribution in [0.5, 0.6) is 0 Å². The normalized spacial score (nSPS) is 12.2. The van der Waals surface area contributed by atoms with Crippen molar-refractivity contribution in [3.05, 3.63) is 28.9 Å². The monoisotopic (exact) mass is 263 g/mol. The molecule has 6 heteroatoms. The molecule has 0 radical (unpaired) electrons. The zero-order valence-electron chi connectivity index (χ0n) is 7.71. The van der Waals surface area contributed by atoms with Gasteiger partial charge in [0.2, 0.25) is 0 Å². The van der Waals surface area contributed by atoms with Gasteiger partial charge in [-0.05, 0) is 18.6 Å². The molecule has 0 atom stereocenters. The number of nitrogens with one attached hydrogen (secondary N) is 1. The molecule has 3 nitrogen and oxygen atoms in total. The molecule has 0 saturated heterocycles. The van der Waals surface area contributed by atoms with E-state index in [1.807, 2.05) is 13.0 Å². The van der Waals surface area contributed by atoms with Crippen LogP contribution in [0, 0.1) is 6.92 Å². The third-order valence-electron chi connectivity index (χ3n) is 2.22. The van der Waals surface area contributed by atoms with Crippen molar-refractivity contribution in [2.24, 2.45) is 0 Å². The maximum absolute atomic E-state index is 11.3. The van der Waals surface area contributed by atoms with E-state index in [-0.39, 0.29) is 4.90 Å². The molecule has 15 heavy (non-hydrogen) atoms. The summed E-state index contributed by atoms with van der Waals surface area (Å²) in [5, 5.41) is 0.822. The molecule has 0 saturated carbocycles. The first-order valence-electron chi connectivity index (χ1n) is 4.12. The number of halogens is 2. The van der Waals surface area contributed by atoms with Gasteiger partial charge in [0.1, 0.15) is 4.90 Å². The zero-order chi connectivity index (χ0) is 11.2. The Morgan fingerprint density at radius 3 is 2.60 bits per heavy atom. The molecule has 0 amide bonds. The number of rotatable bonds is 1. The SMILES string of the molecule is Cc1ccc(Cl)c2c(S(=O)(=O)Cl)c[nH]c12. The van der Waals surface area contributed by atoms with Gasteiger partial charge >= 0.3 is 0 Å². The number of H-pyrrole nitrogens is 1. The van der Waals surface area contributed by atoms with Gasteiger partial charge in [-0.1, -0.05) is 17.7 Å². The molecule has 0 aliphatic heterocycles. The van der Waals surface area contributed by atoms with Gasteiger partial charge in [-0.3, -0.25) is 0 Å². The van der Waals surface area contributed by atoms with E-state index in [1.54, 1.807) is 6.07 Å². The summed E-state index contributed by atoms with van der Waals surface area (Å²) >= 11 is 5.94. The summed E-state index contributed by atoms with van der Waals surface area (Å²) in [6.07, 6.45) is 1.35. The van der Waals surface area contributed by atoms with Crippen LogP contribution in [-0.4, -0.2) is 13.4 Å². The standard InChI is InChI=1S/C9H7Cl2NO2S/c1-5-2-3-6(10)8-7(15(11,13)14)4-12-9(5)8/h2-4,12H,1H3. The predicted octanol–water partition coefficient (Wildman–Crippen LogP) is 3.06. The Hall–Kier alpha value is -0.710. The van der Waals surface area contributed by atoms with Crippen molar-refractivity contribution in [2.45, 2.75) is 11.8 Å². The molecule has 0 aliphatic rings. The second kappa shape index (κ2) is 3.40. The van der Waals surface area contributed by atoms with Crippen molar-refractivity contribution >= 4 is 42.2 Å². The summed E-state index contributed by atoms with van der Waals surface area (Å²) in [7, 11) is 1.53. The highest BCUT2D eigenvalue weighted by molar-refractivity contribution is 8.14. The maximum Gasteiger partial charge on any atom is 0.263 e. The first kappa shape index (κ1) is 10.8. The van der Waals surface area contributed by atoms with Crippen molar-refractivity contribution in [1.82, 2.24) is 4.98 Å². The molecule has 0 aliphatic carbocycles. The Balaban J connectivity index is 2.98. The van der Waals surface area contributed by atoms with Gasteiger partial charge in [0.05, 0.1) is 10.5 Å². The third kappa shape index (κ3) is 1.73. The van der Waals surface area contributed by atoms with Gasteiger partial charge in [-0.15, -0.1) is 0 Å². The molecule has 0 bridgehead atoms.